The van der Waals surface area contributed by atoms with Crippen LogP contribution in [0.3, 0.4) is 0 Å². The Bertz CT molecular complexity index is 1550. The molecule has 0 fully saturated rings. The number of benzene rings is 3. The van der Waals surface area contributed by atoms with Crippen molar-refractivity contribution in [2.45, 2.75) is 6.54 Å². The Morgan fingerprint density at radius 3 is 2.53 bits per heavy atom. The molecule has 0 aliphatic rings. The molecule has 5 aromatic rings. The van der Waals surface area contributed by atoms with E-state index in [0.29, 0.717) is 23.1 Å². The Balaban J connectivity index is 1.55. The van der Waals surface area contributed by atoms with Crippen molar-refractivity contribution in [3.8, 4) is 0 Å². The molecule has 2 heterocycles. The van der Waals surface area contributed by atoms with Crippen LogP contribution in [0.1, 0.15) is 16.1 Å². The summed E-state index contributed by atoms with van der Waals surface area (Å²) in [5.41, 5.74) is 3.03. The van der Waals surface area contributed by atoms with E-state index < -0.39 is 4.92 Å². The summed E-state index contributed by atoms with van der Waals surface area (Å²) in [4.78, 5) is 23.4. The van der Waals surface area contributed by atoms with Crippen LogP contribution in [0, 0.1) is 10.1 Å². The maximum atomic E-state index is 12.8. The average Bonchev–Trinajstić information content (AvgIpc) is 3.16. The number of aromatic nitrogens is 1. The molecule has 0 aliphatic carbocycles. The molecular formula is C25H17N2O4S+. The lowest BCUT2D eigenvalue weighted by molar-refractivity contribution is -0.659. The van der Waals surface area contributed by atoms with E-state index in [1.54, 1.807) is 41.7 Å². The van der Waals surface area contributed by atoms with Gasteiger partial charge in [-0.05, 0) is 36.4 Å². The van der Waals surface area contributed by atoms with Crippen molar-refractivity contribution in [3.63, 3.8) is 0 Å². The van der Waals surface area contributed by atoms with Gasteiger partial charge >= 0.3 is 0 Å². The van der Waals surface area contributed by atoms with Crippen LogP contribution in [0.4, 0.5) is 5.69 Å². The van der Waals surface area contributed by atoms with Gasteiger partial charge in [0.05, 0.1) is 15.9 Å². The van der Waals surface area contributed by atoms with Crippen LogP contribution in [0.5, 0.6) is 0 Å². The summed E-state index contributed by atoms with van der Waals surface area (Å²) < 4.78 is 8.87. The first-order valence-electron chi connectivity index (χ1n) is 9.93. The highest BCUT2D eigenvalue weighted by atomic mass is 32.1. The van der Waals surface area contributed by atoms with Gasteiger partial charge in [0, 0.05) is 29.8 Å². The van der Waals surface area contributed by atoms with Gasteiger partial charge in [-0.25, -0.2) is 0 Å². The van der Waals surface area contributed by atoms with Crippen LogP contribution in [-0.2, 0) is 6.54 Å². The Labute approximate surface area is 186 Å². The van der Waals surface area contributed by atoms with E-state index in [1.165, 1.54) is 18.4 Å². The van der Waals surface area contributed by atoms with Gasteiger partial charge in [0.2, 0.25) is 5.52 Å². The molecule has 7 heteroatoms. The summed E-state index contributed by atoms with van der Waals surface area (Å²) in [5.74, 6) is 0. The van der Waals surface area contributed by atoms with E-state index in [1.807, 2.05) is 42.5 Å². The fourth-order valence-electron chi connectivity index (χ4n) is 3.61. The van der Waals surface area contributed by atoms with Gasteiger partial charge in [-0.1, -0.05) is 35.6 Å². The maximum Gasteiger partial charge on any atom is 0.269 e. The first-order chi connectivity index (χ1) is 15.6. The van der Waals surface area contributed by atoms with Gasteiger partial charge in [-0.3, -0.25) is 14.9 Å². The summed E-state index contributed by atoms with van der Waals surface area (Å²) >= 11 is 1.62. The number of rotatable bonds is 5. The number of hydrogen-bond donors (Lipinski definition) is 0. The summed E-state index contributed by atoms with van der Waals surface area (Å²) in [6.45, 7) is 0.550. The molecule has 0 saturated carbocycles. The van der Waals surface area contributed by atoms with Gasteiger partial charge in [-0.15, -0.1) is 0 Å². The molecule has 0 saturated heterocycles. The first kappa shape index (κ1) is 19.8. The van der Waals surface area contributed by atoms with E-state index in [-0.39, 0.29) is 11.1 Å². The topological polar surface area (TPSA) is 77.2 Å². The lowest BCUT2D eigenvalue weighted by atomic mass is 10.1. The zero-order valence-corrected chi connectivity index (χ0v) is 17.6. The zero-order chi connectivity index (χ0) is 22.1. The third kappa shape index (κ3) is 3.70. The summed E-state index contributed by atoms with van der Waals surface area (Å²) in [6, 6.07) is 21.8. The highest BCUT2D eigenvalue weighted by molar-refractivity contribution is 7.18. The Morgan fingerprint density at radius 1 is 0.969 bits per heavy atom. The minimum absolute atomic E-state index is 0.0667. The molecule has 0 bridgehead atoms. The van der Waals surface area contributed by atoms with E-state index in [2.05, 4.69) is 4.57 Å². The second-order valence-corrected chi connectivity index (χ2v) is 8.33. The highest BCUT2D eigenvalue weighted by Crippen LogP contribution is 2.23. The van der Waals surface area contributed by atoms with Gasteiger partial charge in [0.15, 0.2) is 12.0 Å². The molecule has 2 aromatic heterocycles. The second kappa shape index (κ2) is 8.20. The van der Waals surface area contributed by atoms with E-state index in [4.69, 9.17) is 4.42 Å². The van der Waals surface area contributed by atoms with Crippen LogP contribution in [0.25, 0.3) is 33.3 Å². The number of nitro benzene ring substituents is 1. The average molecular weight is 441 g/mol. The van der Waals surface area contributed by atoms with Crippen molar-refractivity contribution in [2.75, 3.05) is 0 Å². The third-order valence-corrected chi connectivity index (χ3v) is 6.37. The molecule has 0 aliphatic heterocycles. The molecule has 5 rings (SSSR count). The van der Waals surface area contributed by atoms with Crippen LogP contribution in [0.15, 0.2) is 88.3 Å². The van der Waals surface area contributed by atoms with Crippen LogP contribution < -0.4 is 10.00 Å². The van der Waals surface area contributed by atoms with Crippen LogP contribution in [0.2, 0.25) is 0 Å². The maximum absolute atomic E-state index is 12.8. The van der Waals surface area contributed by atoms with Gasteiger partial charge in [0.25, 0.3) is 10.7 Å². The fraction of sp³-hybridized carbons (Fsp3) is 0.0400. The lowest BCUT2D eigenvalue weighted by Gasteiger charge is -1.99. The summed E-state index contributed by atoms with van der Waals surface area (Å²) in [6.07, 6.45) is 5.17. The molecule has 0 N–H and O–H groups in total. The largest absolute Gasteiger partial charge is 0.463 e. The Kier molecular flexibility index (Phi) is 5.09. The minimum atomic E-state index is -0.403. The first-order valence-corrected chi connectivity index (χ1v) is 10.7. The van der Waals surface area contributed by atoms with E-state index >= 15 is 0 Å². The second-order valence-electron chi connectivity index (χ2n) is 7.27. The fourth-order valence-corrected chi connectivity index (χ4v) is 4.68. The standard InChI is InChI=1S/C25H17N2O4S/c28-25-18(16-31-22-7-3-1-5-20(22)25)11-14-24-26(21-6-2-4-8-23(21)32-24)15-17-9-12-19(13-10-17)27(29)30/h1-14,16H,15H2/q+1. The quantitative estimate of drug-likeness (QED) is 0.207. The van der Waals surface area contributed by atoms with Crippen molar-refractivity contribution in [3.05, 3.63) is 116 Å². The Morgan fingerprint density at radius 2 is 1.72 bits per heavy atom. The number of nitrogens with zero attached hydrogens (tertiary/aromatic N) is 2. The third-order valence-electron chi connectivity index (χ3n) is 5.24. The molecule has 156 valence electrons. The van der Waals surface area contributed by atoms with Crippen LogP contribution in [-0.4, -0.2) is 4.92 Å². The van der Waals surface area contributed by atoms with E-state index in [0.717, 1.165) is 20.8 Å². The van der Waals surface area contributed by atoms with Gasteiger partial charge in [0.1, 0.15) is 16.5 Å². The number of nitro groups is 1. The summed E-state index contributed by atoms with van der Waals surface area (Å²) in [7, 11) is 0. The molecule has 3 aromatic carbocycles. The molecule has 0 amide bonds. The number of hydrogen-bond acceptors (Lipinski definition) is 5. The van der Waals surface area contributed by atoms with Crippen molar-refractivity contribution in [1.29, 1.82) is 0 Å². The van der Waals surface area contributed by atoms with Gasteiger partial charge in [-0.2, -0.15) is 4.57 Å². The molecule has 0 unspecified atom stereocenters. The number of non-ortho nitro benzene ring substituents is 1. The van der Waals surface area contributed by atoms with E-state index in [9.17, 15) is 14.9 Å². The zero-order valence-electron chi connectivity index (χ0n) is 16.8. The van der Waals surface area contributed by atoms with Crippen molar-refractivity contribution in [2.24, 2.45) is 0 Å². The van der Waals surface area contributed by atoms with Gasteiger partial charge < -0.3 is 4.42 Å². The predicted molar refractivity (Wildman–Crippen MR) is 126 cm³/mol. The monoisotopic (exact) mass is 441 g/mol. The number of fused-ring (bicyclic) bond motifs is 2. The number of para-hydroxylation sites is 2. The minimum Gasteiger partial charge on any atom is -0.463 e. The molecule has 32 heavy (non-hydrogen) atoms. The normalized spacial score (nSPS) is 11.5. The predicted octanol–water partition coefficient (Wildman–Crippen LogP) is 5.42. The molecule has 6 nitrogen and oxygen atoms in total. The smallest absolute Gasteiger partial charge is 0.269 e. The highest BCUT2D eigenvalue weighted by Gasteiger charge is 2.19. The van der Waals surface area contributed by atoms with Crippen molar-refractivity contribution in [1.82, 2.24) is 0 Å². The van der Waals surface area contributed by atoms with Crippen molar-refractivity contribution < 1.29 is 13.9 Å². The summed E-state index contributed by atoms with van der Waals surface area (Å²) in [5, 5.41) is 12.4. The molecule has 0 atom stereocenters. The molecule has 0 radical (unpaired) electrons. The SMILES string of the molecule is O=c1c(C=Cc2sc3ccccc3[n+]2Cc2ccc([N+](=O)[O-])cc2)coc2ccccc12. The van der Waals surface area contributed by atoms with Crippen molar-refractivity contribution >= 4 is 50.4 Å². The Hall–Kier alpha value is -4.10. The number of thiazole rings is 1. The molecule has 0 spiro atoms. The van der Waals surface area contributed by atoms with Crippen LogP contribution >= 0.6 is 11.3 Å². The molecular weight excluding hydrogens is 424 g/mol. The lowest BCUT2D eigenvalue weighted by Crippen LogP contribution is -2.35.